The van der Waals surface area contributed by atoms with Gasteiger partial charge in [0.15, 0.2) is 5.13 Å². The fourth-order valence-corrected chi connectivity index (χ4v) is 5.81. The largest absolute Gasteiger partial charge is 0.482 e. The molecule has 0 amide bonds. The predicted molar refractivity (Wildman–Crippen MR) is 135 cm³/mol. The lowest BCUT2D eigenvalue weighted by atomic mass is 9.88. The first-order chi connectivity index (χ1) is 15.7. The third-order valence-electron chi connectivity index (χ3n) is 6.73. The van der Waals surface area contributed by atoms with E-state index in [1.807, 2.05) is 11.3 Å². The highest BCUT2D eigenvalue weighted by molar-refractivity contribution is 7.22. The van der Waals surface area contributed by atoms with Gasteiger partial charge in [-0.15, -0.1) is 0 Å². The van der Waals surface area contributed by atoms with Gasteiger partial charge in [0.2, 0.25) is 0 Å². The molecule has 2 aliphatic rings. The van der Waals surface area contributed by atoms with Gasteiger partial charge in [0.05, 0.1) is 10.2 Å². The Morgan fingerprint density at radius 3 is 2.62 bits per heavy atom. The standard InChI is InChI=1S/C28H26N2OS/c1-2-20-8-10-24-26(18-20)32-27(29-24)30-16-14-28(15-17-30)13-12-23-19-22(9-11-25(23)31-28)21-6-4-3-5-7-21/h3-13,18-19H,2,14-17H2,1H3. The van der Waals surface area contributed by atoms with Gasteiger partial charge in [-0.3, -0.25) is 0 Å². The number of hydrogen-bond donors (Lipinski definition) is 0. The number of anilines is 1. The van der Waals surface area contributed by atoms with Crippen LogP contribution in [-0.4, -0.2) is 23.7 Å². The average molecular weight is 439 g/mol. The summed E-state index contributed by atoms with van der Waals surface area (Å²) < 4.78 is 7.88. The van der Waals surface area contributed by atoms with E-state index in [9.17, 15) is 0 Å². The first kappa shape index (κ1) is 19.6. The maximum Gasteiger partial charge on any atom is 0.186 e. The number of nitrogens with zero attached hydrogens (tertiary/aromatic N) is 2. The molecule has 0 saturated carbocycles. The van der Waals surface area contributed by atoms with Crippen molar-refractivity contribution in [2.24, 2.45) is 0 Å². The van der Waals surface area contributed by atoms with Crippen LogP contribution in [0.15, 0.2) is 72.8 Å². The maximum atomic E-state index is 6.59. The number of piperidine rings is 1. The summed E-state index contributed by atoms with van der Waals surface area (Å²) in [4.78, 5) is 7.33. The molecule has 0 N–H and O–H groups in total. The van der Waals surface area contributed by atoms with Crippen LogP contribution < -0.4 is 9.64 Å². The van der Waals surface area contributed by atoms with E-state index in [4.69, 9.17) is 9.72 Å². The zero-order chi connectivity index (χ0) is 21.5. The number of rotatable bonds is 3. The Morgan fingerprint density at radius 2 is 1.81 bits per heavy atom. The van der Waals surface area contributed by atoms with Crippen LogP contribution >= 0.6 is 11.3 Å². The molecule has 2 aliphatic heterocycles. The van der Waals surface area contributed by atoms with E-state index in [1.54, 1.807) is 0 Å². The van der Waals surface area contributed by atoms with Gasteiger partial charge in [-0.05, 0) is 53.5 Å². The van der Waals surface area contributed by atoms with Crippen molar-refractivity contribution in [1.29, 1.82) is 0 Å². The summed E-state index contributed by atoms with van der Waals surface area (Å²) in [5.41, 5.74) is 5.91. The average Bonchev–Trinajstić information content (AvgIpc) is 3.28. The van der Waals surface area contributed by atoms with Crippen molar-refractivity contribution in [2.45, 2.75) is 31.8 Å². The molecule has 0 bridgehead atoms. The van der Waals surface area contributed by atoms with Gasteiger partial charge in [0, 0.05) is 31.5 Å². The van der Waals surface area contributed by atoms with Crippen molar-refractivity contribution < 1.29 is 4.74 Å². The van der Waals surface area contributed by atoms with Crippen LogP contribution in [0.4, 0.5) is 5.13 Å². The minimum atomic E-state index is -0.205. The fourth-order valence-electron chi connectivity index (χ4n) is 4.73. The lowest BCUT2D eigenvalue weighted by molar-refractivity contribution is 0.0893. The molecule has 32 heavy (non-hydrogen) atoms. The minimum absolute atomic E-state index is 0.205. The van der Waals surface area contributed by atoms with Gasteiger partial charge in [0.25, 0.3) is 0 Å². The monoisotopic (exact) mass is 438 g/mol. The van der Waals surface area contributed by atoms with Crippen molar-refractivity contribution >= 4 is 32.8 Å². The van der Waals surface area contributed by atoms with Crippen LogP contribution in [0.5, 0.6) is 5.75 Å². The zero-order valence-electron chi connectivity index (χ0n) is 18.3. The molecule has 4 aromatic rings. The summed E-state index contributed by atoms with van der Waals surface area (Å²) in [6, 6.07) is 23.7. The summed E-state index contributed by atoms with van der Waals surface area (Å²) in [5, 5.41) is 1.13. The second-order valence-corrected chi connectivity index (χ2v) is 9.77. The van der Waals surface area contributed by atoms with Gasteiger partial charge in [0.1, 0.15) is 11.4 Å². The summed E-state index contributed by atoms with van der Waals surface area (Å²) in [7, 11) is 0. The number of hydrogen-bond acceptors (Lipinski definition) is 4. The topological polar surface area (TPSA) is 25.4 Å². The summed E-state index contributed by atoms with van der Waals surface area (Å²) in [6.07, 6.45) is 7.55. The number of fused-ring (bicyclic) bond motifs is 2. The van der Waals surface area contributed by atoms with Gasteiger partial charge in [-0.25, -0.2) is 4.98 Å². The quantitative estimate of drug-likeness (QED) is 0.345. The molecule has 1 aromatic heterocycles. The van der Waals surface area contributed by atoms with Crippen LogP contribution in [0.1, 0.15) is 30.9 Å². The summed E-state index contributed by atoms with van der Waals surface area (Å²) in [6.45, 7) is 4.12. The Bertz CT molecular complexity index is 1300. The van der Waals surface area contributed by atoms with E-state index in [0.29, 0.717) is 0 Å². The van der Waals surface area contributed by atoms with E-state index in [2.05, 4.69) is 90.7 Å². The number of thiazole rings is 1. The Kier molecular flexibility index (Phi) is 4.76. The van der Waals surface area contributed by atoms with Crippen LogP contribution in [0.25, 0.3) is 27.4 Å². The van der Waals surface area contributed by atoms with Crippen molar-refractivity contribution in [1.82, 2.24) is 4.98 Å². The molecule has 0 unspecified atom stereocenters. The van der Waals surface area contributed by atoms with Gasteiger partial charge < -0.3 is 9.64 Å². The second-order valence-electron chi connectivity index (χ2n) is 8.76. The summed E-state index contributed by atoms with van der Waals surface area (Å²) in [5.74, 6) is 0.993. The van der Waals surface area contributed by atoms with E-state index in [-0.39, 0.29) is 5.60 Å². The maximum absolute atomic E-state index is 6.59. The van der Waals surface area contributed by atoms with Gasteiger partial charge >= 0.3 is 0 Å². The molecule has 160 valence electrons. The Labute approximate surface area is 193 Å². The lowest BCUT2D eigenvalue weighted by Gasteiger charge is -2.42. The first-order valence-corrected chi connectivity index (χ1v) is 12.3. The first-order valence-electron chi connectivity index (χ1n) is 11.4. The molecule has 0 radical (unpaired) electrons. The molecular formula is C28H26N2OS. The highest BCUT2D eigenvalue weighted by Gasteiger charge is 2.37. The van der Waals surface area contributed by atoms with E-state index < -0.39 is 0 Å². The number of benzene rings is 3. The van der Waals surface area contributed by atoms with Crippen molar-refractivity contribution in [3.63, 3.8) is 0 Å². The molecule has 3 heterocycles. The third-order valence-corrected chi connectivity index (χ3v) is 7.81. The second kappa shape index (κ2) is 7.79. The number of aryl methyl sites for hydroxylation is 1. The van der Waals surface area contributed by atoms with Gasteiger partial charge in [-0.2, -0.15) is 0 Å². The van der Waals surface area contributed by atoms with E-state index >= 15 is 0 Å². The minimum Gasteiger partial charge on any atom is -0.482 e. The van der Waals surface area contributed by atoms with Crippen LogP contribution in [0.2, 0.25) is 0 Å². The van der Waals surface area contributed by atoms with Gasteiger partial charge in [-0.1, -0.05) is 66.8 Å². The molecule has 6 rings (SSSR count). The highest BCUT2D eigenvalue weighted by Crippen LogP contribution is 2.40. The molecular weight excluding hydrogens is 412 g/mol. The number of ether oxygens (including phenoxy) is 1. The van der Waals surface area contributed by atoms with E-state index in [1.165, 1.54) is 21.4 Å². The zero-order valence-corrected chi connectivity index (χ0v) is 19.1. The van der Waals surface area contributed by atoms with E-state index in [0.717, 1.165) is 54.3 Å². The van der Waals surface area contributed by atoms with Crippen LogP contribution in [0.3, 0.4) is 0 Å². The highest BCUT2D eigenvalue weighted by atomic mass is 32.1. The molecule has 1 saturated heterocycles. The van der Waals surface area contributed by atoms with Crippen molar-refractivity contribution in [3.05, 3.63) is 83.9 Å². The molecule has 3 aromatic carbocycles. The normalized spacial score (nSPS) is 16.8. The Hall–Kier alpha value is -3.11. The van der Waals surface area contributed by atoms with Crippen LogP contribution in [0, 0.1) is 0 Å². The molecule has 3 nitrogen and oxygen atoms in total. The Balaban J connectivity index is 1.19. The molecule has 1 spiro atoms. The Morgan fingerprint density at radius 1 is 0.969 bits per heavy atom. The van der Waals surface area contributed by atoms with Crippen molar-refractivity contribution in [3.8, 4) is 16.9 Å². The van der Waals surface area contributed by atoms with Crippen LogP contribution in [-0.2, 0) is 6.42 Å². The molecule has 1 fully saturated rings. The molecule has 0 aliphatic carbocycles. The van der Waals surface area contributed by atoms with Crippen molar-refractivity contribution in [2.75, 3.05) is 18.0 Å². The molecule has 0 atom stereocenters. The summed E-state index contributed by atoms with van der Waals surface area (Å²) >= 11 is 1.81. The molecule has 4 heteroatoms. The fraction of sp³-hybridized carbons (Fsp3) is 0.250. The SMILES string of the molecule is CCc1ccc2nc(N3CCC4(C=Cc5cc(-c6ccccc6)ccc5O4)CC3)sc2c1. The smallest absolute Gasteiger partial charge is 0.186 e. The predicted octanol–water partition coefficient (Wildman–Crippen LogP) is 6.97. The number of aromatic nitrogens is 1. The lowest BCUT2D eigenvalue weighted by Crippen LogP contribution is -2.47. The third kappa shape index (κ3) is 3.49.